The zero-order valence-electron chi connectivity index (χ0n) is 10.3. The minimum Gasteiger partial charge on any atom is -0.337 e. The molecule has 0 radical (unpaired) electrons. The number of thiophene rings is 1. The Hall–Kier alpha value is -1.64. The Morgan fingerprint density at radius 1 is 1.42 bits per heavy atom. The van der Waals surface area contributed by atoms with Crippen molar-refractivity contribution in [2.24, 2.45) is 0 Å². The number of carbonyl (C=O) groups excluding carboxylic acids is 1. The molecule has 0 aliphatic carbocycles. The number of nitrogens with zero attached hydrogens (tertiary/aromatic N) is 2. The van der Waals surface area contributed by atoms with Crippen molar-refractivity contribution >= 4 is 33.2 Å². The molecule has 1 aromatic carbocycles. The van der Waals surface area contributed by atoms with Gasteiger partial charge in [-0.25, -0.2) is 0 Å². The second kappa shape index (κ2) is 6.00. The van der Waals surface area contributed by atoms with Crippen molar-refractivity contribution < 1.29 is 4.79 Å². The van der Waals surface area contributed by atoms with Crippen molar-refractivity contribution in [3.63, 3.8) is 0 Å². The predicted molar refractivity (Wildman–Crippen MR) is 79.0 cm³/mol. The van der Waals surface area contributed by atoms with Crippen LogP contribution < -0.4 is 0 Å². The lowest BCUT2D eigenvalue weighted by molar-refractivity contribution is 0.0786. The molecule has 0 saturated heterocycles. The number of carbonyl (C=O) groups is 1. The summed E-state index contributed by atoms with van der Waals surface area (Å²) in [6.45, 7) is 0.561. The molecule has 3 nitrogen and oxygen atoms in total. The molecular formula is C14H11BrN2OS. The van der Waals surface area contributed by atoms with Crippen molar-refractivity contribution in [3.05, 3.63) is 56.2 Å². The maximum atomic E-state index is 12.2. The molecule has 0 aliphatic heterocycles. The Morgan fingerprint density at radius 3 is 2.84 bits per heavy atom. The Balaban J connectivity index is 2.12. The zero-order chi connectivity index (χ0) is 13.8. The molecule has 0 bridgehead atoms. The molecule has 1 heterocycles. The average Bonchev–Trinajstić information content (AvgIpc) is 2.83. The minimum atomic E-state index is -0.0818. The summed E-state index contributed by atoms with van der Waals surface area (Å²) in [6.07, 6.45) is 0. The van der Waals surface area contributed by atoms with E-state index in [0.29, 0.717) is 17.7 Å². The van der Waals surface area contributed by atoms with E-state index in [1.165, 1.54) is 0 Å². The SMILES string of the molecule is CN(Cc1ccc(Br)s1)C(=O)c1cccc(C#N)c1. The molecule has 0 saturated carbocycles. The third-order valence-corrected chi connectivity index (χ3v) is 4.22. The summed E-state index contributed by atoms with van der Waals surface area (Å²) in [5, 5.41) is 8.84. The Bertz CT molecular complexity index is 645. The first-order valence-corrected chi connectivity index (χ1v) is 7.21. The van der Waals surface area contributed by atoms with Crippen LogP contribution in [0.15, 0.2) is 40.2 Å². The monoisotopic (exact) mass is 334 g/mol. The maximum Gasteiger partial charge on any atom is 0.253 e. The number of hydrogen-bond donors (Lipinski definition) is 0. The minimum absolute atomic E-state index is 0.0818. The highest BCUT2D eigenvalue weighted by Crippen LogP contribution is 2.23. The molecule has 2 rings (SSSR count). The number of rotatable bonds is 3. The Kier molecular flexibility index (Phi) is 4.35. The van der Waals surface area contributed by atoms with Gasteiger partial charge < -0.3 is 4.90 Å². The lowest BCUT2D eigenvalue weighted by Crippen LogP contribution is -2.25. The second-order valence-corrected chi connectivity index (χ2v) is 6.61. The van der Waals surface area contributed by atoms with Crippen molar-refractivity contribution in [2.45, 2.75) is 6.54 Å². The van der Waals surface area contributed by atoms with Gasteiger partial charge >= 0.3 is 0 Å². The predicted octanol–water partition coefficient (Wildman–Crippen LogP) is 3.65. The van der Waals surface area contributed by atoms with E-state index in [1.807, 2.05) is 18.2 Å². The van der Waals surface area contributed by atoms with Crippen LogP contribution in [0.5, 0.6) is 0 Å². The topological polar surface area (TPSA) is 44.1 Å². The molecule has 96 valence electrons. The molecule has 0 unspecified atom stereocenters. The van der Waals surface area contributed by atoms with Crippen LogP contribution in [0.3, 0.4) is 0 Å². The van der Waals surface area contributed by atoms with Crippen LogP contribution in [0.1, 0.15) is 20.8 Å². The van der Waals surface area contributed by atoms with Crippen LogP contribution in [0.4, 0.5) is 0 Å². The van der Waals surface area contributed by atoms with Crippen LogP contribution in [-0.4, -0.2) is 17.9 Å². The van der Waals surface area contributed by atoms with Gasteiger partial charge in [-0.3, -0.25) is 4.79 Å². The molecule has 0 N–H and O–H groups in total. The fourth-order valence-corrected chi connectivity index (χ4v) is 3.22. The van der Waals surface area contributed by atoms with Gasteiger partial charge in [0, 0.05) is 17.5 Å². The first kappa shape index (κ1) is 13.8. The molecule has 0 atom stereocenters. The van der Waals surface area contributed by atoms with Gasteiger partial charge in [-0.15, -0.1) is 11.3 Å². The molecule has 0 spiro atoms. The molecule has 1 amide bonds. The molecule has 0 aliphatic rings. The summed E-state index contributed by atoms with van der Waals surface area (Å²) in [4.78, 5) is 15.0. The number of hydrogen-bond acceptors (Lipinski definition) is 3. The normalized spacial score (nSPS) is 9.95. The van der Waals surface area contributed by atoms with E-state index in [9.17, 15) is 4.79 Å². The van der Waals surface area contributed by atoms with Crippen LogP contribution >= 0.6 is 27.3 Å². The molecule has 0 fully saturated rings. The fraction of sp³-hybridized carbons (Fsp3) is 0.143. The number of amides is 1. The number of nitriles is 1. The smallest absolute Gasteiger partial charge is 0.253 e. The lowest BCUT2D eigenvalue weighted by atomic mass is 10.1. The zero-order valence-corrected chi connectivity index (χ0v) is 12.7. The van der Waals surface area contributed by atoms with Crippen LogP contribution in [0.25, 0.3) is 0 Å². The van der Waals surface area contributed by atoms with Gasteiger partial charge in [-0.2, -0.15) is 5.26 Å². The van der Waals surface area contributed by atoms with E-state index in [4.69, 9.17) is 5.26 Å². The standard InChI is InChI=1S/C14H11BrN2OS/c1-17(9-12-5-6-13(15)19-12)14(18)11-4-2-3-10(7-11)8-16/h2-7H,9H2,1H3. The van der Waals surface area contributed by atoms with Gasteiger partial charge in [-0.05, 0) is 46.3 Å². The van der Waals surface area contributed by atoms with Crippen LogP contribution in [0, 0.1) is 11.3 Å². The van der Waals surface area contributed by atoms with Gasteiger partial charge in [0.05, 0.1) is 22.0 Å². The quantitative estimate of drug-likeness (QED) is 0.859. The van der Waals surface area contributed by atoms with E-state index in [2.05, 4.69) is 15.9 Å². The molecule has 5 heteroatoms. The van der Waals surface area contributed by atoms with Crippen molar-refractivity contribution in [3.8, 4) is 6.07 Å². The maximum absolute atomic E-state index is 12.2. The van der Waals surface area contributed by atoms with E-state index >= 15 is 0 Å². The summed E-state index contributed by atoms with van der Waals surface area (Å²) in [6, 6.07) is 12.7. The highest BCUT2D eigenvalue weighted by atomic mass is 79.9. The Morgan fingerprint density at radius 2 is 2.21 bits per heavy atom. The largest absolute Gasteiger partial charge is 0.337 e. The molecule has 19 heavy (non-hydrogen) atoms. The molecular weight excluding hydrogens is 324 g/mol. The highest BCUT2D eigenvalue weighted by Gasteiger charge is 2.13. The van der Waals surface area contributed by atoms with Gasteiger partial charge in [0.1, 0.15) is 0 Å². The average molecular weight is 335 g/mol. The van der Waals surface area contributed by atoms with Gasteiger partial charge in [0.25, 0.3) is 5.91 Å². The summed E-state index contributed by atoms with van der Waals surface area (Å²) in [5.74, 6) is -0.0818. The summed E-state index contributed by atoms with van der Waals surface area (Å²) >= 11 is 5.01. The highest BCUT2D eigenvalue weighted by molar-refractivity contribution is 9.11. The fourth-order valence-electron chi connectivity index (χ4n) is 1.68. The van der Waals surface area contributed by atoms with Crippen molar-refractivity contribution in [2.75, 3.05) is 7.05 Å². The van der Waals surface area contributed by atoms with Crippen molar-refractivity contribution in [1.29, 1.82) is 5.26 Å². The number of benzene rings is 1. The third-order valence-electron chi connectivity index (χ3n) is 2.61. The van der Waals surface area contributed by atoms with Gasteiger partial charge in [0.15, 0.2) is 0 Å². The lowest BCUT2D eigenvalue weighted by Gasteiger charge is -2.16. The molecule has 1 aromatic heterocycles. The van der Waals surface area contributed by atoms with Crippen molar-refractivity contribution in [1.82, 2.24) is 4.90 Å². The van der Waals surface area contributed by atoms with E-state index in [-0.39, 0.29) is 5.91 Å². The first-order chi connectivity index (χ1) is 9.10. The van der Waals surface area contributed by atoms with Crippen LogP contribution in [-0.2, 0) is 6.54 Å². The summed E-state index contributed by atoms with van der Waals surface area (Å²) in [5.41, 5.74) is 1.04. The van der Waals surface area contributed by atoms with E-state index in [0.717, 1.165) is 8.66 Å². The number of halogens is 1. The second-order valence-electron chi connectivity index (χ2n) is 4.06. The molecule has 2 aromatic rings. The summed E-state index contributed by atoms with van der Waals surface area (Å²) < 4.78 is 1.05. The van der Waals surface area contributed by atoms with E-state index < -0.39 is 0 Å². The first-order valence-electron chi connectivity index (χ1n) is 5.60. The van der Waals surface area contributed by atoms with Gasteiger partial charge in [-0.1, -0.05) is 6.07 Å². The third kappa shape index (κ3) is 3.43. The Labute approximate surface area is 124 Å². The summed E-state index contributed by atoms with van der Waals surface area (Å²) in [7, 11) is 1.76. The van der Waals surface area contributed by atoms with Crippen LogP contribution in [0.2, 0.25) is 0 Å². The van der Waals surface area contributed by atoms with Gasteiger partial charge in [0.2, 0.25) is 0 Å². The van der Waals surface area contributed by atoms with E-state index in [1.54, 1.807) is 47.5 Å².